The van der Waals surface area contributed by atoms with E-state index in [-0.39, 0.29) is 0 Å². The number of fused-ring (bicyclic) bond motifs is 1. The number of piperidine rings is 1. The molecule has 0 bridgehead atoms. The van der Waals surface area contributed by atoms with Crippen LogP contribution in [0.3, 0.4) is 0 Å². The third-order valence-corrected chi connectivity index (χ3v) is 5.20. The van der Waals surface area contributed by atoms with Gasteiger partial charge in [-0.3, -0.25) is 4.68 Å². The topological polar surface area (TPSA) is 58.9 Å². The zero-order valence-electron chi connectivity index (χ0n) is 15.5. The summed E-state index contributed by atoms with van der Waals surface area (Å²) < 4.78 is 1.80. The zero-order chi connectivity index (χ0) is 17.9. The van der Waals surface area contributed by atoms with Crippen LogP contribution in [0, 0.1) is 6.92 Å². The van der Waals surface area contributed by atoms with Crippen molar-refractivity contribution in [1.82, 2.24) is 24.6 Å². The Morgan fingerprint density at radius 1 is 1.19 bits per heavy atom. The lowest BCUT2D eigenvalue weighted by molar-refractivity contribution is 0.215. The number of anilines is 1. The van der Waals surface area contributed by atoms with E-state index in [9.17, 15) is 0 Å². The minimum atomic E-state index is 0.649. The Morgan fingerprint density at radius 2 is 2.04 bits per heavy atom. The lowest BCUT2D eigenvalue weighted by atomic mass is 9.91. The molecule has 26 heavy (non-hydrogen) atoms. The SMILES string of the molecule is Cc1nc(NCCN2CCCC(c3ccccc3)C2)c2cnn(C)c2n1. The van der Waals surface area contributed by atoms with Gasteiger partial charge in [-0.25, -0.2) is 9.97 Å². The molecule has 1 fully saturated rings. The summed E-state index contributed by atoms with van der Waals surface area (Å²) in [6.45, 7) is 6.13. The first-order valence-electron chi connectivity index (χ1n) is 9.38. The van der Waals surface area contributed by atoms with Crippen molar-refractivity contribution in [2.24, 2.45) is 7.05 Å². The Kier molecular flexibility index (Phi) is 4.84. The van der Waals surface area contributed by atoms with E-state index in [1.54, 1.807) is 4.68 Å². The van der Waals surface area contributed by atoms with Crippen LogP contribution < -0.4 is 5.32 Å². The molecule has 4 rings (SSSR count). The fourth-order valence-corrected chi connectivity index (χ4v) is 3.85. The molecule has 0 amide bonds. The van der Waals surface area contributed by atoms with Crippen molar-refractivity contribution < 1.29 is 0 Å². The van der Waals surface area contributed by atoms with Crippen molar-refractivity contribution in [2.45, 2.75) is 25.7 Å². The lowest BCUT2D eigenvalue weighted by Crippen LogP contribution is -2.37. The molecule has 3 heterocycles. The van der Waals surface area contributed by atoms with Crippen LogP contribution in [0.2, 0.25) is 0 Å². The number of hydrogen-bond acceptors (Lipinski definition) is 5. The first kappa shape index (κ1) is 17.0. The molecule has 1 N–H and O–H groups in total. The first-order chi connectivity index (χ1) is 12.7. The van der Waals surface area contributed by atoms with Gasteiger partial charge in [-0.05, 0) is 37.8 Å². The number of likely N-dealkylation sites (tertiary alicyclic amines) is 1. The number of benzene rings is 1. The van der Waals surface area contributed by atoms with Crippen LogP contribution in [-0.4, -0.2) is 50.8 Å². The van der Waals surface area contributed by atoms with Gasteiger partial charge in [0.1, 0.15) is 11.6 Å². The molecule has 0 aliphatic carbocycles. The maximum Gasteiger partial charge on any atom is 0.163 e. The molecule has 6 nitrogen and oxygen atoms in total. The lowest BCUT2D eigenvalue weighted by Gasteiger charge is -2.33. The fourth-order valence-electron chi connectivity index (χ4n) is 3.85. The Balaban J connectivity index is 1.38. The molecule has 0 spiro atoms. The smallest absolute Gasteiger partial charge is 0.163 e. The van der Waals surface area contributed by atoms with Gasteiger partial charge in [0.25, 0.3) is 0 Å². The van der Waals surface area contributed by atoms with E-state index < -0.39 is 0 Å². The molecule has 3 aromatic rings. The quantitative estimate of drug-likeness (QED) is 0.767. The summed E-state index contributed by atoms with van der Waals surface area (Å²) in [6.07, 6.45) is 4.39. The number of rotatable bonds is 5. The largest absolute Gasteiger partial charge is 0.368 e. The van der Waals surface area contributed by atoms with Crippen molar-refractivity contribution in [3.8, 4) is 0 Å². The number of nitrogens with zero attached hydrogens (tertiary/aromatic N) is 5. The highest BCUT2D eigenvalue weighted by atomic mass is 15.3. The summed E-state index contributed by atoms with van der Waals surface area (Å²) in [5.74, 6) is 2.30. The molecule has 136 valence electrons. The number of aromatic nitrogens is 4. The van der Waals surface area contributed by atoms with Crippen LogP contribution in [0.5, 0.6) is 0 Å². The van der Waals surface area contributed by atoms with Crippen LogP contribution in [0.4, 0.5) is 5.82 Å². The minimum absolute atomic E-state index is 0.649. The molecule has 1 unspecified atom stereocenters. The van der Waals surface area contributed by atoms with Crippen molar-refractivity contribution in [1.29, 1.82) is 0 Å². The fraction of sp³-hybridized carbons (Fsp3) is 0.450. The van der Waals surface area contributed by atoms with Crippen molar-refractivity contribution >= 4 is 16.9 Å². The average molecular weight is 350 g/mol. The van der Waals surface area contributed by atoms with E-state index in [1.807, 2.05) is 20.2 Å². The Hall–Kier alpha value is -2.47. The van der Waals surface area contributed by atoms with E-state index in [0.717, 1.165) is 42.3 Å². The second-order valence-corrected chi connectivity index (χ2v) is 7.10. The molecule has 0 saturated carbocycles. The van der Waals surface area contributed by atoms with Crippen LogP contribution in [0.25, 0.3) is 11.0 Å². The monoisotopic (exact) mass is 350 g/mol. The minimum Gasteiger partial charge on any atom is -0.368 e. The van der Waals surface area contributed by atoms with E-state index >= 15 is 0 Å². The number of aryl methyl sites for hydroxylation is 2. The highest BCUT2D eigenvalue weighted by molar-refractivity contribution is 5.86. The first-order valence-corrected chi connectivity index (χ1v) is 9.38. The molecule has 1 saturated heterocycles. The van der Waals surface area contributed by atoms with E-state index in [4.69, 9.17) is 0 Å². The standard InChI is InChI=1S/C20H26N6/c1-15-23-19(18-13-22-25(2)20(18)24-15)21-10-12-26-11-6-9-17(14-26)16-7-4-3-5-8-16/h3-5,7-8,13,17H,6,9-12,14H2,1-2H3,(H,21,23,24). The van der Waals surface area contributed by atoms with Crippen LogP contribution in [-0.2, 0) is 7.05 Å². The summed E-state index contributed by atoms with van der Waals surface area (Å²) in [7, 11) is 1.91. The van der Waals surface area contributed by atoms with Crippen molar-refractivity contribution in [3.05, 3.63) is 47.9 Å². The van der Waals surface area contributed by atoms with E-state index in [0.29, 0.717) is 5.92 Å². The molecular weight excluding hydrogens is 324 g/mol. The van der Waals surface area contributed by atoms with Crippen LogP contribution in [0.1, 0.15) is 30.1 Å². The highest BCUT2D eigenvalue weighted by Crippen LogP contribution is 2.26. The molecule has 1 atom stereocenters. The summed E-state index contributed by atoms with van der Waals surface area (Å²) in [4.78, 5) is 11.6. The summed E-state index contributed by atoms with van der Waals surface area (Å²) >= 11 is 0. The van der Waals surface area contributed by atoms with Crippen LogP contribution >= 0.6 is 0 Å². The van der Waals surface area contributed by atoms with E-state index in [1.165, 1.54) is 24.9 Å². The normalized spacial score (nSPS) is 18.3. The summed E-state index contributed by atoms with van der Waals surface area (Å²) in [6, 6.07) is 10.9. The summed E-state index contributed by atoms with van der Waals surface area (Å²) in [5, 5.41) is 8.79. The Bertz CT molecular complexity index is 873. The van der Waals surface area contributed by atoms with Gasteiger partial charge in [0.2, 0.25) is 0 Å². The Labute approximate surface area is 154 Å². The van der Waals surface area contributed by atoms with Gasteiger partial charge in [-0.15, -0.1) is 0 Å². The summed E-state index contributed by atoms with van der Waals surface area (Å²) in [5.41, 5.74) is 2.34. The van der Waals surface area contributed by atoms with Crippen molar-refractivity contribution in [2.75, 3.05) is 31.5 Å². The van der Waals surface area contributed by atoms with Crippen molar-refractivity contribution in [3.63, 3.8) is 0 Å². The molecule has 1 aliphatic heterocycles. The predicted octanol–water partition coefficient (Wildman–Crippen LogP) is 2.96. The second-order valence-electron chi connectivity index (χ2n) is 7.10. The number of hydrogen-bond donors (Lipinski definition) is 1. The highest BCUT2D eigenvalue weighted by Gasteiger charge is 2.20. The van der Waals surface area contributed by atoms with Gasteiger partial charge in [0.15, 0.2) is 5.65 Å². The molecular formula is C20H26N6. The predicted molar refractivity (Wildman–Crippen MR) is 104 cm³/mol. The van der Waals surface area contributed by atoms with Crippen LogP contribution in [0.15, 0.2) is 36.5 Å². The maximum atomic E-state index is 4.57. The van der Waals surface area contributed by atoms with Gasteiger partial charge in [0.05, 0.1) is 11.6 Å². The van der Waals surface area contributed by atoms with Gasteiger partial charge in [-0.1, -0.05) is 30.3 Å². The van der Waals surface area contributed by atoms with Gasteiger partial charge in [-0.2, -0.15) is 5.10 Å². The third kappa shape index (κ3) is 3.55. The number of nitrogens with one attached hydrogen (secondary N) is 1. The zero-order valence-corrected chi connectivity index (χ0v) is 15.5. The average Bonchev–Trinajstić information content (AvgIpc) is 3.04. The van der Waals surface area contributed by atoms with Gasteiger partial charge >= 0.3 is 0 Å². The molecule has 2 aromatic heterocycles. The molecule has 6 heteroatoms. The van der Waals surface area contributed by atoms with Gasteiger partial charge < -0.3 is 10.2 Å². The molecule has 1 aliphatic rings. The van der Waals surface area contributed by atoms with Gasteiger partial charge in [0, 0.05) is 26.7 Å². The third-order valence-electron chi connectivity index (χ3n) is 5.20. The van der Waals surface area contributed by atoms with E-state index in [2.05, 4.69) is 55.6 Å². The Morgan fingerprint density at radius 3 is 2.88 bits per heavy atom. The molecule has 1 aromatic carbocycles. The molecule has 0 radical (unpaired) electrons. The maximum absolute atomic E-state index is 4.57. The second kappa shape index (κ2) is 7.41.